The maximum atomic E-state index is 4.60. The lowest BCUT2D eigenvalue weighted by Crippen LogP contribution is -2.27. The maximum Gasteiger partial charge on any atom is 0.133 e. The van der Waals surface area contributed by atoms with Crippen LogP contribution < -0.4 is 10.2 Å². The van der Waals surface area contributed by atoms with Gasteiger partial charge in [-0.2, -0.15) is 0 Å². The van der Waals surface area contributed by atoms with Crippen LogP contribution in [0.3, 0.4) is 0 Å². The fourth-order valence-electron chi connectivity index (χ4n) is 2.09. The molecule has 3 nitrogen and oxygen atoms in total. The summed E-state index contributed by atoms with van der Waals surface area (Å²) in [7, 11) is 0. The number of hydrogen-bond donors (Lipinski definition) is 1. The third kappa shape index (κ3) is 4.05. The van der Waals surface area contributed by atoms with Crippen LogP contribution in [0, 0.1) is 0 Å². The molecule has 2 aromatic rings. The predicted molar refractivity (Wildman–Crippen MR) is 87.3 cm³/mol. The molecule has 2 aromatic heterocycles. The van der Waals surface area contributed by atoms with Crippen molar-refractivity contribution in [2.45, 2.75) is 39.9 Å². The van der Waals surface area contributed by atoms with Gasteiger partial charge in [0.25, 0.3) is 0 Å². The van der Waals surface area contributed by atoms with E-state index < -0.39 is 0 Å². The van der Waals surface area contributed by atoms with Gasteiger partial charge in [-0.25, -0.2) is 4.98 Å². The predicted octanol–water partition coefficient (Wildman–Crippen LogP) is 3.67. The monoisotopic (exact) mass is 289 g/mol. The van der Waals surface area contributed by atoms with Gasteiger partial charge in [0.2, 0.25) is 0 Å². The van der Waals surface area contributed by atoms with Crippen molar-refractivity contribution in [1.29, 1.82) is 0 Å². The molecular weight excluding hydrogens is 266 g/mol. The molecule has 0 radical (unpaired) electrons. The summed E-state index contributed by atoms with van der Waals surface area (Å²) in [5.41, 5.74) is 1.26. The summed E-state index contributed by atoms with van der Waals surface area (Å²) in [5, 5.41) is 5.60. The van der Waals surface area contributed by atoms with Crippen LogP contribution >= 0.6 is 11.3 Å². The summed E-state index contributed by atoms with van der Waals surface area (Å²) in [6.07, 6.45) is 1.88. The van der Waals surface area contributed by atoms with Crippen molar-refractivity contribution in [3.63, 3.8) is 0 Å². The van der Waals surface area contributed by atoms with Gasteiger partial charge in [-0.05, 0) is 24.4 Å². The van der Waals surface area contributed by atoms with Crippen LogP contribution in [0.2, 0.25) is 0 Å². The van der Waals surface area contributed by atoms with Crippen molar-refractivity contribution in [2.24, 2.45) is 0 Å². The quantitative estimate of drug-likeness (QED) is 0.843. The van der Waals surface area contributed by atoms with Gasteiger partial charge in [-0.3, -0.25) is 0 Å². The van der Waals surface area contributed by atoms with E-state index in [0.717, 1.165) is 25.5 Å². The summed E-state index contributed by atoms with van der Waals surface area (Å²) in [4.78, 5) is 8.31. The van der Waals surface area contributed by atoms with E-state index in [1.165, 1.54) is 10.4 Å². The van der Waals surface area contributed by atoms with Gasteiger partial charge in [0.05, 0.1) is 6.54 Å². The van der Waals surface area contributed by atoms with Gasteiger partial charge in [0.1, 0.15) is 5.82 Å². The molecule has 0 aliphatic rings. The van der Waals surface area contributed by atoms with Crippen LogP contribution in [-0.2, 0) is 13.1 Å². The molecule has 1 N–H and O–H groups in total. The molecule has 0 unspecified atom stereocenters. The average Bonchev–Trinajstić information content (AvgIpc) is 2.96. The lowest BCUT2D eigenvalue weighted by molar-refractivity contribution is 0.586. The van der Waals surface area contributed by atoms with Crippen LogP contribution in [0.4, 0.5) is 5.82 Å². The Hall–Kier alpha value is -1.39. The van der Waals surface area contributed by atoms with Crippen molar-refractivity contribution in [1.82, 2.24) is 10.3 Å². The topological polar surface area (TPSA) is 28.2 Å². The normalized spacial score (nSPS) is 11.0. The van der Waals surface area contributed by atoms with Crippen LogP contribution in [0.15, 0.2) is 35.8 Å². The molecule has 2 rings (SSSR count). The molecule has 0 atom stereocenters. The van der Waals surface area contributed by atoms with Crippen molar-refractivity contribution >= 4 is 17.2 Å². The van der Waals surface area contributed by atoms with E-state index in [2.05, 4.69) is 59.6 Å². The summed E-state index contributed by atoms with van der Waals surface area (Å²) in [6, 6.07) is 8.94. The Labute approximate surface area is 125 Å². The van der Waals surface area contributed by atoms with Crippen molar-refractivity contribution in [2.75, 3.05) is 11.4 Å². The van der Waals surface area contributed by atoms with Crippen molar-refractivity contribution in [3.05, 3.63) is 46.3 Å². The number of thiophene rings is 1. The van der Waals surface area contributed by atoms with E-state index in [1.807, 2.05) is 12.3 Å². The molecule has 0 aromatic carbocycles. The SMILES string of the molecule is CCN(Cc1cccs1)c1ncccc1CNC(C)C. The van der Waals surface area contributed by atoms with E-state index in [-0.39, 0.29) is 0 Å². The molecule has 0 bridgehead atoms. The van der Waals surface area contributed by atoms with Gasteiger partial charge in [0.15, 0.2) is 0 Å². The van der Waals surface area contributed by atoms with Crippen molar-refractivity contribution in [3.8, 4) is 0 Å². The first kappa shape index (κ1) is 15.0. The fourth-order valence-corrected chi connectivity index (χ4v) is 2.81. The Bertz CT molecular complexity index is 508. The molecule has 0 aliphatic heterocycles. The molecule has 4 heteroatoms. The molecule has 0 aliphatic carbocycles. The van der Waals surface area contributed by atoms with Gasteiger partial charge in [0, 0.05) is 35.8 Å². The molecule has 2 heterocycles. The van der Waals surface area contributed by atoms with E-state index in [1.54, 1.807) is 11.3 Å². The summed E-state index contributed by atoms with van der Waals surface area (Å²) < 4.78 is 0. The zero-order valence-electron chi connectivity index (χ0n) is 12.5. The van der Waals surface area contributed by atoms with Gasteiger partial charge < -0.3 is 10.2 Å². The largest absolute Gasteiger partial charge is 0.351 e. The molecular formula is C16H23N3S. The number of nitrogens with zero attached hydrogens (tertiary/aromatic N) is 2. The minimum absolute atomic E-state index is 0.482. The second-order valence-corrected chi connectivity index (χ2v) is 6.15. The molecule has 0 saturated carbocycles. The van der Waals surface area contributed by atoms with Crippen LogP contribution in [-0.4, -0.2) is 17.6 Å². The lowest BCUT2D eigenvalue weighted by Gasteiger charge is -2.24. The smallest absolute Gasteiger partial charge is 0.133 e. The van der Waals surface area contributed by atoms with Crippen LogP contribution in [0.25, 0.3) is 0 Å². The number of rotatable bonds is 7. The van der Waals surface area contributed by atoms with Gasteiger partial charge >= 0.3 is 0 Å². The Morgan fingerprint density at radius 3 is 2.80 bits per heavy atom. The Balaban J connectivity index is 2.16. The zero-order chi connectivity index (χ0) is 14.4. The minimum atomic E-state index is 0.482. The van der Waals surface area contributed by atoms with Crippen LogP contribution in [0.5, 0.6) is 0 Å². The molecule has 0 amide bonds. The first-order valence-electron chi connectivity index (χ1n) is 7.15. The lowest BCUT2D eigenvalue weighted by atomic mass is 10.2. The molecule has 20 heavy (non-hydrogen) atoms. The van der Waals surface area contributed by atoms with Gasteiger partial charge in [-0.1, -0.05) is 26.0 Å². The minimum Gasteiger partial charge on any atom is -0.351 e. The van der Waals surface area contributed by atoms with E-state index in [9.17, 15) is 0 Å². The fraction of sp³-hybridized carbons (Fsp3) is 0.438. The highest BCUT2D eigenvalue weighted by molar-refractivity contribution is 7.09. The first-order chi connectivity index (χ1) is 9.70. The molecule has 108 valence electrons. The van der Waals surface area contributed by atoms with Crippen molar-refractivity contribution < 1.29 is 0 Å². The highest BCUT2D eigenvalue weighted by atomic mass is 32.1. The van der Waals surface area contributed by atoms with Gasteiger partial charge in [-0.15, -0.1) is 11.3 Å². The molecule has 0 fully saturated rings. The Morgan fingerprint density at radius 1 is 1.30 bits per heavy atom. The average molecular weight is 289 g/mol. The number of hydrogen-bond acceptors (Lipinski definition) is 4. The molecule has 0 saturated heterocycles. The number of pyridine rings is 1. The Kier molecular flexibility index (Phi) is 5.56. The first-order valence-corrected chi connectivity index (χ1v) is 8.03. The maximum absolute atomic E-state index is 4.60. The third-order valence-corrected chi connectivity index (χ3v) is 4.04. The van der Waals surface area contributed by atoms with E-state index >= 15 is 0 Å². The number of nitrogens with one attached hydrogen (secondary N) is 1. The highest BCUT2D eigenvalue weighted by Gasteiger charge is 2.12. The second-order valence-electron chi connectivity index (χ2n) is 5.12. The van der Waals surface area contributed by atoms with E-state index in [0.29, 0.717) is 6.04 Å². The van der Waals surface area contributed by atoms with Crippen LogP contribution in [0.1, 0.15) is 31.2 Å². The standard InChI is InChI=1S/C16H23N3S/c1-4-19(12-15-8-6-10-20-15)16-14(7-5-9-17-16)11-18-13(2)3/h5-10,13,18H,4,11-12H2,1-3H3. The highest BCUT2D eigenvalue weighted by Crippen LogP contribution is 2.21. The second kappa shape index (κ2) is 7.41. The summed E-state index contributed by atoms with van der Waals surface area (Å²) >= 11 is 1.80. The molecule has 0 spiro atoms. The van der Waals surface area contributed by atoms with E-state index in [4.69, 9.17) is 0 Å². The third-order valence-electron chi connectivity index (χ3n) is 3.18. The Morgan fingerprint density at radius 2 is 2.15 bits per heavy atom. The summed E-state index contributed by atoms with van der Waals surface area (Å²) in [6.45, 7) is 9.27. The summed E-state index contributed by atoms with van der Waals surface area (Å²) in [5.74, 6) is 1.09. The number of anilines is 1. The number of aromatic nitrogens is 1. The zero-order valence-corrected chi connectivity index (χ0v) is 13.3.